The lowest BCUT2D eigenvalue weighted by atomic mass is 9.87. The van der Waals surface area contributed by atoms with E-state index in [1.165, 1.54) is 0 Å². The van der Waals surface area contributed by atoms with Gasteiger partial charge in [-0.15, -0.1) is 11.8 Å². The molecule has 0 radical (unpaired) electrons. The minimum Gasteiger partial charge on any atom is -0.451 e. The maximum atomic E-state index is 13.6. The molecule has 0 saturated carbocycles. The average Bonchev–Trinajstić information content (AvgIpc) is 3.14. The zero-order chi connectivity index (χ0) is 25.3. The Balaban J connectivity index is 1.35. The molecular weight excluding hydrogens is 470 g/mol. The number of hydrogen-bond acceptors (Lipinski definition) is 5. The molecule has 3 aromatic rings. The van der Waals surface area contributed by atoms with E-state index in [2.05, 4.69) is 0 Å². The average molecular weight is 500 g/mol. The van der Waals surface area contributed by atoms with Gasteiger partial charge >= 0.3 is 5.97 Å². The number of amides is 1. The molecule has 0 spiro atoms. The fourth-order valence-electron chi connectivity index (χ4n) is 5.00. The van der Waals surface area contributed by atoms with Crippen LogP contribution in [-0.4, -0.2) is 44.1 Å². The number of aliphatic hydroxyl groups excluding tert-OH is 1. The lowest BCUT2D eigenvalue weighted by Gasteiger charge is -2.45. The number of ether oxygens (including phenoxy) is 1. The van der Waals surface area contributed by atoms with Crippen LogP contribution in [0.25, 0.3) is 6.08 Å². The molecule has 5 rings (SSSR count). The van der Waals surface area contributed by atoms with Gasteiger partial charge in [-0.05, 0) is 30.5 Å². The van der Waals surface area contributed by atoms with Crippen LogP contribution >= 0.6 is 11.8 Å². The first-order chi connectivity index (χ1) is 17.4. The molecule has 1 unspecified atom stereocenters. The van der Waals surface area contributed by atoms with Crippen LogP contribution in [0.15, 0.2) is 97.1 Å². The number of thioether (sulfide) groups is 1. The van der Waals surface area contributed by atoms with Crippen LogP contribution in [0, 0.1) is 5.92 Å². The summed E-state index contributed by atoms with van der Waals surface area (Å²) in [5.74, 6) is -1.25. The maximum Gasteiger partial charge on any atom is 0.331 e. The molecule has 5 nitrogen and oxygen atoms in total. The van der Waals surface area contributed by atoms with Crippen LogP contribution in [-0.2, 0) is 14.3 Å². The van der Waals surface area contributed by atoms with Gasteiger partial charge in [0.25, 0.3) is 0 Å². The van der Waals surface area contributed by atoms with E-state index < -0.39 is 34.9 Å². The highest BCUT2D eigenvalue weighted by atomic mass is 32.2. The van der Waals surface area contributed by atoms with Crippen molar-refractivity contribution < 1.29 is 19.4 Å². The molecule has 0 bridgehead atoms. The quantitative estimate of drug-likeness (QED) is 0.363. The largest absolute Gasteiger partial charge is 0.451 e. The second kappa shape index (κ2) is 9.96. The van der Waals surface area contributed by atoms with Gasteiger partial charge in [0.2, 0.25) is 5.91 Å². The molecule has 2 aliphatic heterocycles. The molecule has 2 aliphatic rings. The summed E-state index contributed by atoms with van der Waals surface area (Å²) in [6, 6.07) is 28.1. The van der Waals surface area contributed by atoms with E-state index in [9.17, 15) is 14.7 Å². The Morgan fingerprint density at radius 2 is 1.47 bits per heavy atom. The summed E-state index contributed by atoms with van der Waals surface area (Å²) in [5.41, 5.74) is 2.69. The first-order valence-corrected chi connectivity index (χ1v) is 13.0. The summed E-state index contributed by atoms with van der Waals surface area (Å²) in [7, 11) is 0. The van der Waals surface area contributed by atoms with E-state index in [0.717, 1.165) is 16.7 Å². The Morgan fingerprint density at radius 1 is 0.944 bits per heavy atom. The zero-order valence-electron chi connectivity index (χ0n) is 20.2. The summed E-state index contributed by atoms with van der Waals surface area (Å²) in [4.78, 5) is 28.5. The fourth-order valence-corrected chi connectivity index (χ4v) is 6.72. The van der Waals surface area contributed by atoms with E-state index in [0.29, 0.717) is 0 Å². The van der Waals surface area contributed by atoms with E-state index in [-0.39, 0.29) is 11.3 Å². The zero-order valence-corrected chi connectivity index (χ0v) is 21.0. The summed E-state index contributed by atoms with van der Waals surface area (Å²) in [6.07, 6.45) is 1.97. The Hall–Kier alpha value is -3.35. The number of rotatable bonds is 7. The molecule has 184 valence electrons. The van der Waals surface area contributed by atoms with E-state index >= 15 is 0 Å². The second-order valence-electron chi connectivity index (χ2n) is 9.68. The predicted molar refractivity (Wildman–Crippen MR) is 142 cm³/mol. The molecule has 2 saturated heterocycles. The third-order valence-corrected chi connectivity index (χ3v) is 8.39. The van der Waals surface area contributed by atoms with Gasteiger partial charge < -0.3 is 14.7 Å². The Labute approximate surface area is 215 Å². The molecule has 3 aromatic carbocycles. The van der Waals surface area contributed by atoms with Crippen LogP contribution in [0.4, 0.5) is 0 Å². The topological polar surface area (TPSA) is 66.8 Å². The van der Waals surface area contributed by atoms with Crippen molar-refractivity contribution >= 4 is 29.7 Å². The second-order valence-corrected chi connectivity index (χ2v) is 11.5. The van der Waals surface area contributed by atoms with Crippen molar-refractivity contribution in [2.24, 2.45) is 5.92 Å². The van der Waals surface area contributed by atoms with Gasteiger partial charge in [0.15, 0.2) is 6.10 Å². The summed E-state index contributed by atoms with van der Waals surface area (Å²) >= 11 is 1.54. The molecule has 36 heavy (non-hydrogen) atoms. The van der Waals surface area contributed by atoms with Gasteiger partial charge in [0.05, 0.1) is 17.4 Å². The van der Waals surface area contributed by atoms with Crippen molar-refractivity contribution in [3.63, 3.8) is 0 Å². The van der Waals surface area contributed by atoms with E-state index in [1.807, 2.05) is 111 Å². The third kappa shape index (κ3) is 4.59. The standard InChI is InChI=1S/C30H29NO4S/c1-30(2)26(29(34)35-25(21-14-8-4-9-15-21)22-16-10-5-11-17-22)31-27(33)24(28(31)36-30)23(32)19-18-20-12-6-3-7-13-20/h3-19,23-26,28,32H,1-2H3/t23?,24-,26+,28-/m1/s1. The van der Waals surface area contributed by atoms with Gasteiger partial charge in [-0.1, -0.05) is 103 Å². The minimum atomic E-state index is -0.932. The summed E-state index contributed by atoms with van der Waals surface area (Å²) in [6.45, 7) is 3.91. The SMILES string of the molecule is CC1(C)S[C@@H]2[C@H](C(O)C=Cc3ccccc3)C(=O)N2[C@H]1C(=O)OC(c1ccccc1)c1ccccc1. The van der Waals surface area contributed by atoms with Crippen LogP contribution in [0.5, 0.6) is 0 Å². The molecule has 0 aromatic heterocycles. The summed E-state index contributed by atoms with van der Waals surface area (Å²) < 4.78 is 5.56. The number of carbonyl (C=O) groups excluding carboxylic acids is 2. The Kier molecular flexibility index (Phi) is 6.73. The molecular formula is C30H29NO4S. The van der Waals surface area contributed by atoms with Crippen molar-refractivity contribution in [1.82, 2.24) is 4.90 Å². The van der Waals surface area contributed by atoms with E-state index in [1.54, 1.807) is 22.7 Å². The predicted octanol–water partition coefficient (Wildman–Crippen LogP) is 5.07. The van der Waals surface area contributed by atoms with E-state index in [4.69, 9.17) is 4.74 Å². The molecule has 0 aliphatic carbocycles. The van der Waals surface area contributed by atoms with Gasteiger partial charge in [-0.2, -0.15) is 0 Å². The van der Waals surface area contributed by atoms with Crippen molar-refractivity contribution in [2.75, 3.05) is 0 Å². The van der Waals surface area contributed by atoms with Crippen molar-refractivity contribution in [3.8, 4) is 0 Å². The highest BCUT2D eigenvalue weighted by Crippen LogP contribution is 2.54. The number of fused-ring (bicyclic) bond motifs is 1. The van der Waals surface area contributed by atoms with Crippen molar-refractivity contribution in [1.29, 1.82) is 0 Å². The molecule has 1 amide bonds. The number of nitrogens with zero attached hydrogens (tertiary/aromatic N) is 1. The third-order valence-electron chi connectivity index (χ3n) is 6.80. The first kappa shape index (κ1) is 24.3. The Morgan fingerprint density at radius 3 is 2.03 bits per heavy atom. The molecule has 2 heterocycles. The first-order valence-electron chi connectivity index (χ1n) is 12.1. The van der Waals surface area contributed by atoms with Crippen molar-refractivity contribution in [3.05, 3.63) is 114 Å². The highest BCUT2D eigenvalue weighted by Gasteiger charge is 2.65. The number of carbonyl (C=O) groups is 2. The number of benzene rings is 3. The maximum absolute atomic E-state index is 13.6. The Bertz CT molecular complexity index is 1210. The van der Waals surface area contributed by atoms with Gasteiger partial charge in [0, 0.05) is 4.75 Å². The number of aliphatic hydroxyl groups is 1. The molecule has 6 heteroatoms. The lowest BCUT2D eigenvalue weighted by Crippen LogP contribution is -2.65. The van der Waals surface area contributed by atoms with Gasteiger partial charge in [0.1, 0.15) is 6.04 Å². The van der Waals surface area contributed by atoms with Gasteiger partial charge in [-0.25, -0.2) is 4.79 Å². The van der Waals surface area contributed by atoms with Crippen LogP contribution in [0.2, 0.25) is 0 Å². The van der Waals surface area contributed by atoms with Crippen LogP contribution < -0.4 is 0 Å². The molecule has 2 fully saturated rings. The smallest absolute Gasteiger partial charge is 0.331 e. The lowest BCUT2D eigenvalue weighted by molar-refractivity contribution is -0.172. The summed E-state index contributed by atoms with van der Waals surface area (Å²) in [5, 5.41) is 10.5. The normalized spacial score (nSPS) is 23.4. The number of esters is 1. The number of β-lactam (4-membered cyclic amide) rings is 1. The molecule has 4 atom stereocenters. The minimum absolute atomic E-state index is 0.221. The highest BCUT2D eigenvalue weighted by molar-refractivity contribution is 8.01. The van der Waals surface area contributed by atoms with Crippen LogP contribution in [0.1, 0.15) is 36.6 Å². The van der Waals surface area contributed by atoms with Crippen LogP contribution in [0.3, 0.4) is 0 Å². The number of hydrogen-bond donors (Lipinski definition) is 1. The fraction of sp³-hybridized carbons (Fsp3) is 0.267. The van der Waals surface area contributed by atoms with Crippen molar-refractivity contribution in [2.45, 2.75) is 42.2 Å². The van der Waals surface area contributed by atoms with Gasteiger partial charge in [-0.3, -0.25) is 4.79 Å². The monoisotopic (exact) mass is 499 g/mol. The molecule has 1 N–H and O–H groups in total.